The fourth-order valence-electron chi connectivity index (χ4n) is 3.62. The van der Waals surface area contributed by atoms with Crippen molar-refractivity contribution in [3.05, 3.63) is 97.1 Å². The van der Waals surface area contributed by atoms with E-state index in [9.17, 15) is 0 Å². The molecule has 0 spiro atoms. The number of hydrogen-bond acceptors (Lipinski definition) is 3. The number of nitrogens with two attached hydrogens (primary N) is 2. The first-order chi connectivity index (χ1) is 14.2. The summed E-state index contributed by atoms with van der Waals surface area (Å²) in [5, 5.41) is 0. The number of aromatic nitrogens is 2. The van der Waals surface area contributed by atoms with Crippen molar-refractivity contribution >= 4 is 22.4 Å². The van der Waals surface area contributed by atoms with E-state index < -0.39 is 0 Å². The topological polar surface area (TPSA) is 69.9 Å². The molecule has 0 unspecified atom stereocenters. The van der Waals surface area contributed by atoms with Gasteiger partial charge in [0.15, 0.2) is 0 Å². The molecule has 0 saturated heterocycles. The summed E-state index contributed by atoms with van der Waals surface area (Å²) in [6.07, 6.45) is 0. The Morgan fingerprint density at radius 2 is 1.21 bits per heavy atom. The molecule has 1 heterocycles. The van der Waals surface area contributed by atoms with Crippen LogP contribution in [-0.4, -0.2) is 9.55 Å². The lowest BCUT2D eigenvalue weighted by Crippen LogP contribution is -1.98. The Balaban J connectivity index is 1.69. The third-order valence-electron chi connectivity index (χ3n) is 5.08. The average Bonchev–Trinajstić information content (AvgIpc) is 3.13. The summed E-state index contributed by atoms with van der Waals surface area (Å²) in [5.41, 5.74) is 19.6. The summed E-state index contributed by atoms with van der Waals surface area (Å²) in [6, 6.07) is 32.5. The number of anilines is 2. The monoisotopic (exact) mass is 376 g/mol. The van der Waals surface area contributed by atoms with Crippen LogP contribution in [0.25, 0.3) is 39.2 Å². The minimum absolute atomic E-state index is 0.699. The van der Waals surface area contributed by atoms with E-state index in [0.29, 0.717) is 5.69 Å². The zero-order chi connectivity index (χ0) is 19.8. The standard InChI is InChI=1S/C25H20N4/c26-20-10-6-19(7-11-20)25-28-23-16-21(27)12-15-24(23)29(25)22-13-8-18(9-14-22)17-4-2-1-3-5-17/h1-16H,26-27H2. The second-order valence-corrected chi connectivity index (χ2v) is 7.05. The number of rotatable bonds is 3. The number of fused-ring (bicyclic) bond motifs is 1. The van der Waals surface area contributed by atoms with Gasteiger partial charge in [-0.3, -0.25) is 4.57 Å². The Labute approximate surface area is 169 Å². The smallest absolute Gasteiger partial charge is 0.145 e. The third kappa shape index (κ3) is 3.11. The minimum atomic E-state index is 0.699. The molecule has 140 valence electrons. The Bertz CT molecular complexity index is 1290. The van der Waals surface area contributed by atoms with E-state index in [1.165, 1.54) is 11.1 Å². The van der Waals surface area contributed by atoms with Crippen molar-refractivity contribution in [3.63, 3.8) is 0 Å². The summed E-state index contributed by atoms with van der Waals surface area (Å²) in [5.74, 6) is 0.859. The predicted molar refractivity (Wildman–Crippen MR) is 121 cm³/mol. The third-order valence-corrected chi connectivity index (χ3v) is 5.08. The van der Waals surface area contributed by atoms with E-state index in [4.69, 9.17) is 16.5 Å². The lowest BCUT2D eigenvalue weighted by atomic mass is 10.1. The molecule has 4 nitrogen and oxygen atoms in total. The average molecular weight is 376 g/mol. The van der Waals surface area contributed by atoms with Gasteiger partial charge in [0.25, 0.3) is 0 Å². The van der Waals surface area contributed by atoms with Crippen molar-refractivity contribution in [1.29, 1.82) is 0 Å². The fraction of sp³-hybridized carbons (Fsp3) is 0. The molecule has 29 heavy (non-hydrogen) atoms. The summed E-state index contributed by atoms with van der Waals surface area (Å²) in [4.78, 5) is 4.87. The summed E-state index contributed by atoms with van der Waals surface area (Å²) in [6.45, 7) is 0. The van der Waals surface area contributed by atoms with Crippen LogP contribution in [0.4, 0.5) is 11.4 Å². The molecule has 0 radical (unpaired) electrons. The summed E-state index contributed by atoms with van der Waals surface area (Å²) >= 11 is 0. The quantitative estimate of drug-likeness (QED) is 0.407. The zero-order valence-electron chi connectivity index (χ0n) is 15.8. The van der Waals surface area contributed by atoms with Gasteiger partial charge < -0.3 is 11.5 Å². The van der Waals surface area contributed by atoms with E-state index in [1.807, 2.05) is 48.5 Å². The normalized spacial score (nSPS) is 11.0. The lowest BCUT2D eigenvalue weighted by molar-refractivity contribution is 1.10. The van der Waals surface area contributed by atoms with Crippen molar-refractivity contribution in [3.8, 4) is 28.2 Å². The molecule has 4 heteroatoms. The number of nitrogens with zero attached hydrogens (tertiary/aromatic N) is 2. The molecule has 0 saturated carbocycles. The van der Waals surface area contributed by atoms with Crippen LogP contribution in [0, 0.1) is 0 Å². The molecule has 0 aliphatic carbocycles. The zero-order valence-corrected chi connectivity index (χ0v) is 15.8. The molecule has 0 fully saturated rings. The molecule has 4 N–H and O–H groups in total. The maximum atomic E-state index is 6.00. The van der Waals surface area contributed by atoms with Gasteiger partial charge in [0.1, 0.15) is 5.82 Å². The van der Waals surface area contributed by atoms with E-state index >= 15 is 0 Å². The van der Waals surface area contributed by atoms with Crippen molar-refractivity contribution in [2.75, 3.05) is 11.5 Å². The van der Waals surface area contributed by atoms with E-state index in [0.717, 1.165) is 33.8 Å². The number of benzene rings is 4. The van der Waals surface area contributed by atoms with Gasteiger partial charge in [0.2, 0.25) is 0 Å². The highest BCUT2D eigenvalue weighted by Gasteiger charge is 2.14. The maximum absolute atomic E-state index is 6.00. The highest BCUT2D eigenvalue weighted by Crippen LogP contribution is 2.31. The molecule has 0 aliphatic heterocycles. The van der Waals surface area contributed by atoms with Crippen LogP contribution in [0.3, 0.4) is 0 Å². The second-order valence-electron chi connectivity index (χ2n) is 7.05. The molecule has 1 aromatic heterocycles. The highest BCUT2D eigenvalue weighted by molar-refractivity contribution is 5.86. The Kier molecular flexibility index (Phi) is 4.03. The maximum Gasteiger partial charge on any atom is 0.145 e. The van der Waals surface area contributed by atoms with Crippen LogP contribution in [0.15, 0.2) is 97.1 Å². The molecule has 5 rings (SSSR count). The van der Waals surface area contributed by atoms with Gasteiger partial charge in [-0.1, -0.05) is 42.5 Å². The van der Waals surface area contributed by atoms with E-state index in [-0.39, 0.29) is 0 Å². The predicted octanol–water partition coefficient (Wildman–Crippen LogP) is 5.52. The minimum Gasteiger partial charge on any atom is -0.399 e. The van der Waals surface area contributed by atoms with Crippen molar-refractivity contribution in [2.24, 2.45) is 0 Å². The summed E-state index contributed by atoms with van der Waals surface area (Å²) < 4.78 is 2.16. The molecule has 4 aromatic carbocycles. The van der Waals surface area contributed by atoms with Gasteiger partial charge in [0, 0.05) is 22.6 Å². The van der Waals surface area contributed by atoms with Gasteiger partial charge >= 0.3 is 0 Å². The van der Waals surface area contributed by atoms with Gasteiger partial charge in [-0.25, -0.2) is 4.98 Å². The molecule has 0 bridgehead atoms. The SMILES string of the molecule is Nc1ccc(-c2nc3cc(N)ccc3n2-c2ccc(-c3ccccc3)cc2)cc1. The summed E-state index contributed by atoms with van der Waals surface area (Å²) in [7, 11) is 0. The van der Waals surface area contributed by atoms with Crippen molar-refractivity contribution in [2.45, 2.75) is 0 Å². The molecule has 0 atom stereocenters. The van der Waals surface area contributed by atoms with Crippen molar-refractivity contribution < 1.29 is 0 Å². The second kappa shape index (κ2) is 6.84. The largest absolute Gasteiger partial charge is 0.399 e. The van der Waals surface area contributed by atoms with Gasteiger partial charge in [-0.2, -0.15) is 0 Å². The van der Waals surface area contributed by atoms with Crippen LogP contribution >= 0.6 is 0 Å². The number of imidazole rings is 1. The molecule has 0 aliphatic rings. The molecular formula is C25H20N4. The number of hydrogen-bond donors (Lipinski definition) is 2. The first kappa shape index (κ1) is 17.1. The van der Waals surface area contributed by atoms with E-state index in [2.05, 4.69) is 53.1 Å². The molecule has 5 aromatic rings. The van der Waals surface area contributed by atoms with Crippen molar-refractivity contribution in [1.82, 2.24) is 9.55 Å². The first-order valence-electron chi connectivity index (χ1n) is 9.49. The molecule has 0 amide bonds. The Hall–Kier alpha value is -4.05. The Morgan fingerprint density at radius 1 is 0.586 bits per heavy atom. The fourth-order valence-corrected chi connectivity index (χ4v) is 3.62. The molecular weight excluding hydrogens is 356 g/mol. The lowest BCUT2D eigenvalue weighted by Gasteiger charge is -2.11. The van der Waals surface area contributed by atoms with Gasteiger partial charge in [-0.05, 0) is 65.7 Å². The van der Waals surface area contributed by atoms with Gasteiger partial charge in [-0.15, -0.1) is 0 Å². The number of nitrogen functional groups attached to an aromatic ring is 2. The Morgan fingerprint density at radius 3 is 1.93 bits per heavy atom. The van der Waals surface area contributed by atoms with E-state index in [1.54, 1.807) is 0 Å². The van der Waals surface area contributed by atoms with Crippen LogP contribution in [0.2, 0.25) is 0 Å². The van der Waals surface area contributed by atoms with Crippen LogP contribution in [0.5, 0.6) is 0 Å². The van der Waals surface area contributed by atoms with Gasteiger partial charge in [0.05, 0.1) is 11.0 Å². The first-order valence-corrected chi connectivity index (χ1v) is 9.49. The van der Waals surface area contributed by atoms with Crippen LogP contribution < -0.4 is 11.5 Å². The van der Waals surface area contributed by atoms with Crippen LogP contribution in [-0.2, 0) is 0 Å². The van der Waals surface area contributed by atoms with Crippen LogP contribution in [0.1, 0.15) is 0 Å². The highest BCUT2D eigenvalue weighted by atomic mass is 15.1.